The topological polar surface area (TPSA) is 65.5 Å². The number of nitrogens with zero attached hydrogens (tertiary/aromatic N) is 1. The van der Waals surface area contributed by atoms with Crippen LogP contribution in [0, 0.1) is 11.6 Å². The molecule has 2 atom stereocenters. The van der Waals surface area contributed by atoms with Crippen molar-refractivity contribution in [3.05, 3.63) is 35.4 Å². The second-order valence-electron chi connectivity index (χ2n) is 5.97. The van der Waals surface area contributed by atoms with Crippen molar-refractivity contribution < 1.29 is 13.6 Å². The Morgan fingerprint density at radius 1 is 1.46 bits per heavy atom. The van der Waals surface area contributed by atoms with Crippen molar-refractivity contribution in [2.45, 2.75) is 38.6 Å². The van der Waals surface area contributed by atoms with Crippen LogP contribution in [0.15, 0.2) is 23.2 Å². The smallest absolute Gasteiger partial charge is 0.220 e. The predicted molar refractivity (Wildman–Crippen MR) is 89.9 cm³/mol. The van der Waals surface area contributed by atoms with E-state index in [1.807, 2.05) is 13.8 Å². The van der Waals surface area contributed by atoms with E-state index in [9.17, 15) is 13.6 Å². The van der Waals surface area contributed by atoms with Gasteiger partial charge in [-0.1, -0.05) is 13.0 Å². The highest BCUT2D eigenvalue weighted by molar-refractivity contribution is 5.81. The van der Waals surface area contributed by atoms with Crippen LogP contribution < -0.4 is 16.0 Å². The van der Waals surface area contributed by atoms with Gasteiger partial charge >= 0.3 is 0 Å². The van der Waals surface area contributed by atoms with Gasteiger partial charge in [-0.25, -0.2) is 8.78 Å². The third-order valence-electron chi connectivity index (χ3n) is 3.97. The van der Waals surface area contributed by atoms with E-state index in [0.29, 0.717) is 37.6 Å². The van der Waals surface area contributed by atoms with Crippen molar-refractivity contribution in [1.82, 2.24) is 16.0 Å². The summed E-state index contributed by atoms with van der Waals surface area (Å²) in [5, 5.41) is 9.24. The van der Waals surface area contributed by atoms with E-state index in [2.05, 4.69) is 20.9 Å². The van der Waals surface area contributed by atoms with Crippen molar-refractivity contribution in [2.24, 2.45) is 4.99 Å². The van der Waals surface area contributed by atoms with Crippen molar-refractivity contribution in [2.75, 3.05) is 19.6 Å². The molecule has 1 aliphatic rings. The van der Waals surface area contributed by atoms with Gasteiger partial charge in [0.1, 0.15) is 11.6 Å². The number of guanidine groups is 1. The summed E-state index contributed by atoms with van der Waals surface area (Å²) in [6, 6.07) is 3.73. The third kappa shape index (κ3) is 5.18. The first-order valence-corrected chi connectivity index (χ1v) is 8.26. The van der Waals surface area contributed by atoms with Crippen LogP contribution in [-0.4, -0.2) is 37.5 Å². The second kappa shape index (κ2) is 8.61. The molecule has 0 bridgehead atoms. The van der Waals surface area contributed by atoms with E-state index in [1.54, 1.807) is 0 Å². The molecule has 3 N–H and O–H groups in total. The number of piperidine rings is 1. The first-order valence-electron chi connectivity index (χ1n) is 8.26. The molecule has 1 saturated heterocycles. The Balaban J connectivity index is 1.97. The number of nitrogens with one attached hydrogen (secondary N) is 3. The molecule has 0 spiro atoms. The van der Waals surface area contributed by atoms with Crippen LogP contribution in [-0.2, 0) is 4.79 Å². The second-order valence-corrected chi connectivity index (χ2v) is 5.97. The maximum atomic E-state index is 13.8. The van der Waals surface area contributed by atoms with Crippen LogP contribution in [0.5, 0.6) is 0 Å². The average molecular weight is 338 g/mol. The van der Waals surface area contributed by atoms with Gasteiger partial charge in [0.25, 0.3) is 0 Å². The third-order valence-corrected chi connectivity index (χ3v) is 3.97. The molecule has 2 rings (SSSR count). The van der Waals surface area contributed by atoms with E-state index in [4.69, 9.17) is 0 Å². The maximum Gasteiger partial charge on any atom is 0.220 e. The minimum absolute atomic E-state index is 0.0652. The molecule has 1 heterocycles. The Bertz CT molecular complexity index is 596. The Labute approximate surface area is 140 Å². The molecule has 132 valence electrons. The van der Waals surface area contributed by atoms with Crippen LogP contribution in [0.25, 0.3) is 0 Å². The number of carbonyl (C=O) groups excluding carboxylic acids is 1. The van der Waals surface area contributed by atoms with Gasteiger partial charge in [-0.2, -0.15) is 0 Å². The molecule has 0 radical (unpaired) electrons. The van der Waals surface area contributed by atoms with Gasteiger partial charge in [0.15, 0.2) is 5.96 Å². The van der Waals surface area contributed by atoms with E-state index in [-0.39, 0.29) is 17.9 Å². The largest absolute Gasteiger partial charge is 0.357 e. The van der Waals surface area contributed by atoms with E-state index in [0.717, 1.165) is 12.5 Å². The summed E-state index contributed by atoms with van der Waals surface area (Å²) in [6.45, 7) is 5.44. The fourth-order valence-electron chi connectivity index (χ4n) is 2.60. The number of halogens is 2. The molecule has 1 aliphatic heterocycles. The van der Waals surface area contributed by atoms with Crippen LogP contribution in [0.4, 0.5) is 8.78 Å². The standard InChI is InChI=1S/C17H24F2N4O/c1-3-20-17(23-13-5-7-16(24)21-10-13)22-9-11(2)14-6-4-12(18)8-15(14)19/h4,6,8,11,13H,3,5,7,9-10H2,1-2H3,(H,21,24)(H2,20,22,23). The number of rotatable bonds is 5. The lowest BCUT2D eigenvalue weighted by molar-refractivity contribution is -0.122. The van der Waals surface area contributed by atoms with E-state index >= 15 is 0 Å². The number of hydrogen-bond donors (Lipinski definition) is 3. The molecule has 1 aromatic carbocycles. The zero-order valence-corrected chi connectivity index (χ0v) is 14.0. The summed E-state index contributed by atoms with van der Waals surface area (Å²) in [5.74, 6) is -0.609. The first-order chi connectivity index (χ1) is 11.5. The Kier molecular flexibility index (Phi) is 6.52. The van der Waals surface area contributed by atoms with E-state index < -0.39 is 11.6 Å². The SMILES string of the molecule is CCNC(=NCC(C)c1ccc(F)cc1F)NC1CCC(=O)NC1. The van der Waals surface area contributed by atoms with Gasteiger partial charge in [-0.3, -0.25) is 9.79 Å². The van der Waals surface area contributed by atoms with Gasteiger partial charge < -0.3 is 16.0 Å². The van der Waals surface area contributed by atoms with Gasteiger partial charge in [0.2, 0.25) is 5.91 Å². The summed E-state index contributed by atoms with van der Waals surface area (Å²) < 4.78 is 26.8. The summed E-state index contributed by atoms with van der Waals surface area (Å²) in [6.07, 6.45) is 1.24. The molecule has 1 amide bonds. The lowest BCUT2D eigenvalue weighted by atomic mass is 10.0. The lowest BCUT2D eigenvalue weighted by Crippen LogP contribution is -2.51. The van der Waals surface area contributed by atoms with Gasteiger partial charge in [-0.05, 0) is 25.0 Å². The first kappa shape index (κ1) is 18.2. The van der Waals surface area contributed by atoms with Crippen LogP contribution in [0.2, 0.25) is 0 Å². The van der Waals surface area contributed by atoms with Crippen LogP contribution in [0.3, 0.4) is 0 Å². The fourth-order valence-corrected chi connectivity index (χ4v) is 2.60. The molecule has 24 heavy (non-hydrogen) atoms. The zero-order chi connectivity index (χ0) is 17.5. The summed E-state index contributed by atoms with van der Waals surface area (Å²) in [5.41, 5.74) is 0.445. The zero-order valence-electron chi connectivity index (χ0n) is 14.0. The predicted octanol–water partition coefficient (Wildman–Crippen LogP) is 1.90. The van der Waals surface area contributed by atoms with Crippen LogP contribution in [0.1, 0.15) is 38.2 Å². The summed E-state index contributed by atoms with van der Waals surface area (Å²) in [4.78, 5) is 15.7. The number of carbonyl (C=O) groups is 1. The monoisotopic (exact) mass is 338 g/mol. The summed E-state index contributed by atoms with van der Waals surface area (Å²) in [7, 11) is 0. The number of hydrogen-bond acceptors (Lipinski definition) is 2. The van der Waals surface area contributed by atoms with Crippen molar-refractivity contribution in [3.8, 4) is 0 Å². The summed E-state index contributed by atoms with van der Waals surface area (Å²) >= 11 is 0. The Morgan fingerprint density at radius 2 is 2.25 bits per heavy atom. The molecule has 0 saturated carbocycles. The lowest BCUT2D eigenvalue weighted by Gasteiger charge is -2.25. The van der Waals surface area contributed by atoms with Crippen molar-refractivity contribution >= 4 is 11.9 Å². The molecular weight excluding hydrogens is 314 g/mol. The van der Waals surface area contributed by atoms with Crippen LogP contribution >= 0.6 is 0 Å². The quantitative estimate of drug-likeness (QED) is 0.567. The highest BCUT2D eigenvalue weighted by atomic mass is 19.1. The number of aliphatic imine (C=N–C) groups is 1. The molecule has 1 fully saturated rings. The minimum atomic E-state index is -0.582. The highest BCUT2D eigenvalue weighted by Crippen LogP contribution is 2.20. The average Bonchev–Trinajstić information content (AvgIpc) is 2.54. The van der Waals surface area contributed by atoms with Gasteiger partial charge in [0.05, 0.1) is 0 Å². The van der Waals surface area contributed by atoms with Crippen molar-refractivity contribution in [3.63, 3.8) is 0 Å². The number of amides is 1. The van der Waals surface area contributed by atoms with E-state index in [1.165, 1.54) is 12.1 Å². The molecule has 0 aliphatic carbocycles. The Morgan fingerprint density at radius 3 is 2.88 bits per heavy atom. The fraction of sp³-hybridized carbons (Fsp3) is 0.529. The van der Waals surface area contributed by atoms with Gasteiger partial charge in [-0.15, -0.1) is 0 Å². The van der Waals surface area contributed by atoms with Gasteiger partial charge in [0, 0.05) is 44.1 Å². The van der Waals surface area contributed by atoms with Crippen molar-refractivity contribution in [1.29, 1.82) is 0 Å². The maximum absolute atomic E-state index is 13.8. The minimum Gasteiger partial charge on any atom is -0.357 e. The highest BCUT2D eigenvalue weighted by Gasteiger charge is 2.19. The molecule has 7 heteroatoms. The number of benzene rings is 1. The molecule has 0 aromatic heterocycles. The molecule has 1 aromatic rings. The normalized spacial score (nSPS) is 19.6. The Hall–Kier alpha value is -2.18. The molecule has 2 unspecified atom stereocenters. The molecular formula is C17H24F2N4O. The molecule has 5 nitrogen and oxygen atoms in total.